The van der Waals surface area contributed by atoms with Gasteiger partial charge in [-0.05, 0) is 30.2 Å². The van der Waals surface area contributed by atoms with Crippen LogP contribution in [0.25, 0.3) is 33.0 Å². The Morgan fingerprint density at radius 2 is 1.82 bits per heavy atom. The first-order valence-electron chi connectivity index (χ1n) is 11.7. The lowest BCUT2D eigenvalue weighted by Gasteiger charge is -2.06. The summed E-state index contributed by atoms with van der Waals surface area (Å²) in [6.07, 6.45) is 2.44. The van der Waals surface area contributed by atoms with E-state index in [1.54, 1.807) is 24.4 Å². The van der Waals surface area contributed by atoms with Crippen LogP contribution in [-0.4, -0.2) is 44.8 Å². The molecule has 2 aromatic heterocycles. The molecule has 0 radical (unpaired) electrons. The summed E-state index contributed by atoms with van der Waals surface area (Å²) in [6.45, 7) is 0.498. The number of amides is 2. The predicted molar refractivity (Wildman–Crippen MR) is 149 cm³/mol. The van der Waals surface area contributed by atoms with Crippen LogP contribution in [-0.2, 0) is 39.1 Å². The topological polar surface area (TPSA) is 160 Å². The zero-order chi connectivity index (χ0) is 27.2. The van der Waals surface area contributed by atoms with E-state index in [1.807, 2.05) is 46.5 Å². The summed E-state index contributed by atoms with van der Waals surface area (Å²) in [4.78, 5) is 26.3. The van der Waals surface area contributed by atoms with Crippen LogP contribution in [0.5, 0.6) is 0 Å². The quantitative estimate of drug-likeness (QED) is 0.0860. The highest BCUT2D eigenvalue weighted by atomic mass is 32.2. The van der Waals surface area contributed by atoms with Gasteiger partial charge in [-0.2, -0.15) is 8.42 Å². The van der Waals surface area contributed by atoms with Crippen molar-refractivity contribution in [1.82, 2.24) is 14.5 Å². The molecule has 0 spiro atoms. The molecular weight excluding hydrogens is 526 g/mol. The second-order valence-electron chi connectivity index (χ2n) is 9.06. The van der Waals surface area contributed by atoms with Gasteiger partial charge in [0.25, 0.3) is 21.9 Å². The molecule has 2 aromatic carbocycles. The molecule has 1 aliphatic rings. The van der Waals surface area contributed by atoms with Crippen molar-refractivity contribution in [2.24, 2.45) is 12.8 Å². The third kappa shape index (κ3) is 4.85. The highest BCUT2D eigenvalue weighted by molar-refractivity contribution is 8.13. The number of thioether (sulfide) groups is 1. The lowest BCUT2D eigenvalue weighted by Crippen LogP contribution is -2.23. The van der Waals surface area contributed by atoms with Crippen LogP contribution in [0.3, 0.4) is 0 Å². The van der Waals surface area contributed by atoms with Crippen molar-refractivity contribution >= 4 is 71.8 Å². The smallest absolute Gasteiger partial charge is 0.269 e. The number of hydrogen-bond acceptors (Lipinski definition) is 6. The fourth-order valence-corrected chi connectivity index (χ4v) is 6.02. The van der Waals surface area contributed by atoms with Gasteiger partial charge in [-0.15, -0.1) is 0 Å². The van der Waals surface area contributed by atoms with Crippen LogP contribution >= 0.6 is 11.8 Å². The summed E-state index contributed by atoms with van der Waals surface area (Å²) in [5.41, 5.74) is 9.06. The minimum atomic E-state index is -4.25. The first kappa shape index (κ1) is 25.8. The van der Waals surface area contributed by atoms with E-state index < -0.39 is 27.7 Å². The fraction of sp³-hybridized carbons (Fsp3) is 0.192. The Hall–Kier alpha value is -3.87. The van der Waals surface area contributed by atoms with Crippen LogP contribution in [0.15, 0.2) is 54.7 Å². The number of nitrogens with two attached hydrogens (primary N) is 1. The molecule has 0 fully saturated rings. The lowest BCUT2D eigenvalue weighted by atomic mass is 9.98. The molecule has 0 unspecified atom stereocenters. The normalized spacial score (nSPS) is 14.2. The van der Waals surface area contributed by atoms with Gasteiger partial charge in [0.1, 0.15) is 5.75 Å². The molecule has 5 rings (SSSR count). The van der Waals surface area contributed by atoms with Gasteiger partial charge in [0.15, 0.2) is 5.17 Å². The molecule has 12 heteroatoms. The number of benzene rings is 2. The van der Waals surface area contributed by atoms with E-state index in [2.05, 4.69) is 5.32 Å². The minimum absolute atomic E-state index is 0.0179. The molecule has 0 atom stereocenters. The van der Waals surface area contributed by atoms with Gasteiger partial charge in [0.05, 0.1) is 16.8 Å². The van der Waals surface area contributed by atoms with Crippen molar-refractivity contribution < 1.29 is 22.6 Å². The third-order valence-corrected chi connectivity index (χ3v) is 8.01. The molecular formula is C26H25N5O5S2. The van der Waals surface area contributed by atoms with Gasteiger partial charge in [-0.3, -0.25) is 24.9 Å². The van der Waals surface area contributed by atoms with Gasteiger partial charge >= 0.3 is 0 Å². The van der Waals surface area contributed by atoms with E-state index in [9.17, 15) is 22.6 Å². The number of nitrogens with zero attached hydrogens (tertiary/aromatic N) is 2. The Balaban J connectivity index is 1.69. The number of rotatable bonds is 8. The van der Waals surface area contributed by atoms with Gasteiger partial charge in [0, 0.05) is 52.9 Å². The van der Waals surface area contributed by atoms with Crippen molar-refractivity contribution in [1.29, 1.82) is 5.41 Å². The molecule has 2 amide bonds. The number of fused-ring (bicyclic) bond motifs is 2. The number of carbonyl (C=O) groups is 2. The standard InChI is InChI=1S/C26H25N5O5S2/c1-30-19-6-3-2-5-16(19)12-21(30)23-22(24(32)29-25(23)33)18-13-31(9-4-10-37-26(27)28)20-11-15(7-8-17(18)20)14-38(34,35)36/h2-3,5-8,11-13H,4,9-10,14H2,1H3,(H3,27,28)(H,29,32,33)(H,34,35,36). The van der Waals surface area contributed by atoms with Gasteiger partial charge in [0.2, 0.25) is 0 Å². The van der Waals surface area contributed by atoms with E-state index in [-0.39, 0.29) is 16.3 Å². The Labute approximate surface area is 222 Å². The maximum Gasteiger partial charge on any atom is 0.269 e. The number of para-hydroxylation sites is 1. The first-order valence-corrected chi connectivity index (χ1v) is 14.3. The Kier molecular flexibility index (Phi) is 6.63. The number of nitrogens with one attached hydrogen (secondary N) is 2. The number of hydrogen-bond donors (Lipinski definition) is 4. The van der Waals surface area contributed by atoms with Crippen LogP contribution in [0, 0.1) is 5.41 Å². The highest BCUT2D eigenvalue weighted by Crippen LogP contribution is 2.38. The number of aromatic nitrogens is 2. The summed E-state index contributed by atoms with van der Waals surface area (Å²) in [6, 6.07) is 14.5. The number of carbonyl (C=O) groups excluding carboxylic acids is 2. The Bertz CT molecular complexity index is 1780. The third-order valence-electron chi connectivity index (χ3n) is 6.51. The number of aryl methyl sites for hydroxylation is 2. The average Bonchev–Trinajstić information content (AvgIpc) is 3.45. The second-order valence-corrected chi connectivity index (χ2v) is 11.7. The van der Waals surface area contributed by atoms with Crippen molar-refractivity contribution in [2.45, 2.75) is 18.7 Å². The van der Waals surface area contributed by atoms with E-state index in [0.29, 0.717) is 46.4 Å². The summed E-state index contributed by atoms with van der Waals surface area (Å²) < 4.78 is 36.1. The van der Waals surface area contributed by atoms with Crippen molar-refractivity contribution in [3.63, 3.8) is 0 Å². The van der Waals surface area contributed by atoms with Crippen LogP contribution < -0.4 is 11.1 Å². The van der Waals surface area contributed by atoms with Crippen molar-refractivity contribution in [3.05, 3.63) is 71.5 Å². The highest BCUT2D eigenvalue weighted by Gasteiger charge is 2.35. The Morgan fingerprint density at radius 1 is 1.08 bits per heavy atom. The SMILES string of the molecule is Cn1c(C2=C(c3cn(CCCSC(=N)N)c4cc(CS(=O)(=O)O)ccc34)C(=O)NC2=O)cc2ccccc21. The first-order chi connectivity index (χ1) is 18.0. The summed E-state index contributed by atoms with van der Waals surface area (Å²) >= 11 is 1.22. The van der Waals surface area contributed by atoms with Crippen LogP contribution in [0.2, 0.25) is 0 Å². The largest absolute Gasteiger partial charge is 0.379 e. The molecule has 0 saturated carbocycles. The predicted octanol–water partition coefficient (Wildman–Crippen LogP) is 3.10. The molecule has 3 heterocycles. The van der Waals surface area contributed by atoms with Gasteiger partial charge in [-0.1, -0.05) is 42.1 Å². The molecule has 1 aliphatic heterocycles. The number of amidine groups is 1. The molecule has 0 bridgehead atoms. The second kappa shape index (κ2) is 9.78. The van der Waals surface area contributed by atoms with Crippen LogP contribution in [0.1, 0.15) is 23.2 Å². The molecule has 38 heavy (non-hydrogen) atoms. The van der Waals surface area contributed by atoms with Gasteiger partial charge in [-0.25, -0.2) is 0 Å². The van der Waals surface area contributed by atoms with E-state index in [0.717, 1.165) is 10.9 Å². The lowest BCUT2D eigenvalue weighted by molar-refractivity contribution is -0.122. The summed E-state index contributed by atoms with van der Waals surface area (Å²) in [5.74, 6) is -0.953. The molecule has 0 saturated heterocycles. The van der Waals surface area contributed by atoms with E-state index in [1.165, 1.54) is 11.8 Å². The van der Waals surface area contributed by atoms with Gasteiger partial charge < -0.3 is 14.9 Å². The average molecular weight is 552 g/mol. The van der Waals surface area contributed by atoms with Crippen molar-refractivity contribution in [3.8, 4) is 0 Å². The monoisotopic (exact) mass is 551 g/mol. The molecule has 4 aromatic rings. The summed E-state index contributed by atoms with van der Waals surface area (Å²) in [5, 5.41) is 11.5. The maximum atomic E-state index is 13.2. The molecule has 196 valence electrons. The van der Waals surface area contributed by atoms with E-state index in [4.69, 9.17) is 11.1 Å². The summed E-state index contributed by atoms with van der Waals surface area (Å²) in [7, 11) is -2.40. The molecule has 5 N–H and O–H groups in total. The maximum absolute atomic E-state index is 13.2. The fourth-order valence-electron chi connectivity index (χ4n) is 4.92. The molecule has 0 aliphatic carbocycles. The van der Waals surface area contributed by atoms with E-state index >= 15 is 0 Å². The Morgan fingerprint density at radius 3 is 2.53 bits per heavy atom. The minimum Gasteiger partial charge on any atom is -0.379 e. The molecule has 10 nitrogen and oxygen atoms in total. The van der Waals surface area contributed by atoms with Crippen molar-refractivity contribution in [2.75, 3.05) is 5.75 Å². The zero-order valence-corrected chi connectivity index (χ0v) is 22.0. The van der Waals surface area contributed by atoms with Crippen LogP contribution in [0.4, 0.5) is 0 Å². The zero-order valence-electron chi connectivity index (χ0n) is 20.4. The number of imide groups is 1.